The summed E-state index contributed by atoms with van der Waals surface area (Å²) in [5, 5.41) is 0. The highest BCUT2D eigenvalue weighted by atomic mass is 14.5. The van der Waals surface area contributed by atoms with Gasteiger partial charge in [-0.15, -0.1) is 0 Å². The van der Waals surface area contributed by atoms with Gasteiger partial charge in [-0.25, -0.2) is 0 Å². The van der Waals surface area contributed by atoms with E-state index >= 15 is 0 Å². The zero-order chi connectivity index (χ0) is 12.0. The fraction of sp³-hybridized carbons (Fsp3) is 0.647. The number of hydrogen-bond donors (Lipinski definition) is 0. The van der Waals surface area contributed by atoms with Gasteiger partial charge in [0.05, 0.1) is 0 Å². The van der Waals surface area contributed by atoms with Crippen LogP contribution < -0.4 is 0 Å². The molecule has 1 aromatic rings. The third-order valence-electron chi connectivity index (χ3n) is 5.44. The van der Waals surface area contributed by atoms with Crippen molar-refractivity contribution in [2.24, 2.45) is 11.8 Å². The summed E-state index contributed by atoms with van der Waals surface area (Å²) < 4.78 is 0. The van der Waals surface area contributed by atoms with Crippen molar-refractivity contribution in [3.8, 4) is 0 Å². The minimum Gasteiger partial charge on any atom is -0.0651 e. The van der Waals surface area contributed by atoms with Gasteiger partial charge in [-0.05, 0) is 60.1 Å². The first-order valence-electron chi connectivity index (χ1n) is 7.37. The van der Waals surface area contributed by atoms with Crippen molar-refractivity contribution in [1.29, 1.82) is 0 Å². The standard InChI is InChI=1S/C17H24/c1-4-12(5-2)17-14-9-10-15(17)16-11(3)7-6-8-13(14)16/h6-8,12,14-15,17H,4-5,9-10H2,1-3H3. The van der Waals surface area contributed by atoms with E-state index in [1.165, 1.54) is 25.7 Å². The summed E-state index contributed by atoms with van der Waals surface area (Å²) in [7, 11) is 0. The Bertz CT molecular complexity index is 414. The molecule has 0 saturated heterocycles. The van der Waals surface area contributed by atoms with Gasteiger partial charge in [0.15, 0.2) is 0 Å². The van der Waals surface area contributed by atoms with E-state index in [4.69, 9.17) is 0 Å². The fourth-order valence-electron chi connectivity index (χ4n) is 4.75. The molecule has 0 radical (unpaired) electrons. The molecule has 2 aliphatic carbocycles. The summed E-state index contributed by atoms with van der Waals surface area (Å²) in [6.07, 6.45) is 5.62. The number of aryl methyl sites for hydroxylation is 1. The third-order valence-corrected chi connectivity index (χ3v) is 5.44. The maximum Gasteiger partial charge on any atom is -0.0119 e. The van der Waals surface area contributed by atoms with Crippen LogP contribution in [0.4, 0.5) is 0 Å². The van der Waals surface area contributed by atoms with Gasteiger partial charge >= 0.3 is 0 Å². The fourth-order valence-corrected chi connectivity index (χ4v) is 4.75. The van der Waals surface area contributed by atoms with E-state index in [2.05, 4.69) is 39.0 Å². The molecule has 0 nitrogen and oxygen atoms in total. The van der Waals surface area contributed by atoms with Gasteiger partial charge in [-0.1, -0.05) is 44.9 Å². The second-order valence-electron chi connectivity index (χ2n) is 6.02. The summed E-state index contributed by atoms with van der Waals surface area (Å²) >= 11 is 0. The van der Waals surface area contributed by atoms with Crippen LogP contribution in [0.15, 0.2) is 18.2 Å². The molecule has 1 saturated carbocycles. The Balaban J connectivity index is 2.02. The van der Waals surface area contributed by atoms with Crippen LogP contribution in [-0.4, -0.2) is 0 Å². The van der Waals surface area contributed by atoms with Crippen molar-refractivity contribution < 1.29 is 0 Å². The predicted molar refractivity (Wildman–Crippen MR) is 73.5 cm³/mol. The quantitative estimate of drug-likeness (QED) is 0.681. The Labute approximate surface area is 105 Å². The molecule has 2 bridgehead atoms. The van der Waals surface area contributed by atoms with Crippen molar-refractivity contribution in [3.63, 3.8) is 0 Å². The molecule has 0 aromatic heterocycles. The smallest absolute Gasteiger partial charge is 0.0119 e. The van der Waals surface area contributed by atoms with Gasteiger partial charge in [0.1, 0.15) is 0 Å². The number of fused-ring (bicyclic) bond motifs is 5. The van der Waals surface area contributed by atoms with E-state index in [9.17, 15) is 0 Å². The molecule has 0 heteroatoms. The summed E-state index contributed by atoms with van der Waals surface area (Å²) in [6, 6.07) is 6.98. The number of rotatable bonds is 3. The van der Waals surface area contributed by atoms with Gasteiger partial charge in [-0.3, -0.25) is 0 Å². The molecule has 17 heavy (non-hydrogen) atoms. The monoisotopic (exact) mass is 228 g/mol. The van der Waals surface area contributed by atoms with Crippen LogP contribution in [0.5, 0.6) is 0 Å². The molecule has 2 aliphatic rings. The van der Waals surface area contributed by atoms with Crippen molar-refractivity contribution in [3.05, 3.63) is 34.9 Å². The lowest BCUT2D eigenvalue weighted by Gasteiger charge is -2.25. The van der Waals surface area contributed by atoms with Crippen molar-refractivity contribution in [2.45, 2.75) is 58.3 Å². The molecule has 0 heterocycles. The van der Waals surface area contributed by atoms with E-state index in [0.717, 1.165) is 23.7 Å². The molecule has 3 rings (SSSR count). The minimum absolute atomic E-state index is 0.889. The average molecular weight is 228 g/mol. The highest BCUT2D eigenvalue weighted by Gasteiger charge is 2.48. The van der Waals surface area contributed by atoms with Crippen molar-refractivity contribution >= 4 is 0 Å². The number of benzene rings is 1. The zero-order valence-corrected chi connectivity index (χ0v) is 11.4. The largest absolute Gasteiger partial charge is 0.0651 e. The van der Waals surface area contributed by atoms with Gasteiger partial charge in [0, 0.05) is 0 Å². The van der Waals surface area contributed by atoms with Gasteiger partial charge < -0.3 is 0 Å². The Hall–Kier alpha value is -0.780. The molecule has 92 valence electrons. The lowest BCUT2D eigenvalue weighted by Crippen LogP contribution is -2.16. The van der Waals surface area contributed by atoms with Crippen LogP contribution >= 0.6 is 0 Å². The molecule has 1 aromatic carbocycles. The number of hydrogen-bond acceptors (Lipinski definition) is 0. The van der Waals surface area contributed by atoms with Crippen LogP contribution in [0.3, 0.4) is 0 Å². The maximum atomic E-state index is 2.40. The topological polar surface area (TPSA) is 0 Å². The van der Waals surface area contributed by atoms with Crippen LogP contribution in [0.2, 0.25) is 0 Å². The predicted octanol–water partition coefficient (Wildman–Crippen LogP) is 5.02. The summed E-state index contributed by atoms with van der Waals surface area (Å²) in [4.78, 5) is 0. The molecule has 3 atom stereocenters. The maximum absolute atomic E-state index is 2.40. The van der Waals surface area contributed by atoms with Gasteiger partial charge in [0.2, 0.25) is 0 Å². The molecule has 0 N–H and O–H groups in total. The van der Waals surface area contributed by atoms with E-state index in [1.54, 1.807) is 16.7 Å². The van der Waals surface area contributed by atoms with Crippen molar-refractivity contribution in [1.82, 2.24) is 0 Å². The molecule has 0 amide bonds. The average Bonchev–Trinajstić information content (AvgIpc) is 2.88. The van der Waals surface area contributed by atoms with Crippen LogP contribution in [0, 0.1) is 18.8 Å². The Morgan fingerprint density at radius 1 is 1.12 bits per heavy atom. The first-order valence-corrected chi connectivity index (χ1v) is 7.37. The van der Waals surface area contributed by atoms with Crippen LogP contribution in [0.1, 0.15) is 68.1 Å². The van der Waals surface area contributed by atoms with Crippen LogP contribution in [0.25, 0.3) is 0 Å². The first kappa shape index (κ1) is 11.3. The summed E-state index contributed by atoms with van der Waals surface area (Å²) in [6.45, 7) is 7.07. The molecular weight excluding hydrogens is 204 g/mol. The van der Waals surface area contributed by atoms with E-state index < -0.39 is 0 Å². The van der Waals surface area contributed by atoms with E-state index in [0.29, 0.717) is 0 Å². The lowest BCUT2D eigenvalue weighted by atomic mass is 9.79. The normalized spacial score (nSPS) is 30.0. The second kappa shape index (κ2) is 4.15. The van der Waals surface area contributed by atoms with Gasteiger partial charge in [0.25, 0.3) is 0 Å². The summed E-state index contributed by atoms with van der Waals surface area (Å²) in [5.74, 6) is 3.68. The Morgan fingerprint density at radius 2 is 1.82 bits per heavy atom. The lowest BCUT2D eigenvalue weighted by molar-refractivity contribution is 0.287. The minimum atomic E-state index is 0.889. The molecule has 0 spiro atoms. The Kier molecular flexibility index (Phi) is 2.77. The van der Waals surface area contributed by atoms with E-state index in [1.807, 2.05) is 0 Å². The highest BCUT2D eigenvalue weighted by Crippen LogP contribution is 2.61. The molecule has 1 fully saturated rings. The first-order chi connectivity index (χ1) is 8.27. The second-order valence-corrected chi connectivity index (χ2v) is 6.02. The zero-order valence-electron chi connectivity index (χ0n) is 11.4. The third kappa shape index (κ3) is 1.49. The SMILES string of the molecule is CCC(CC)C1C2CCC1c1c(C)cccc12. The van der Waals surface area contributed by atoms with Crippen molar-refractivity contribution in [2.75, 3.05) is 0 Å². The molecular formula is C17H24. The molecule has 3 unspecified atom stereocenters. The molecule has 0 aliphatic heterocycles. The Morgan fingerprint density at radius 3 is 2.47 bits per heavy atom. The summed E-state index contributed by atoms with van der Waals surface area (Å²) in [5.41, 5.74) is 4.99. The van der Waals surface area contributed by atoms with Crippen LogP contribution in [-0.2, 0) is 0 Å². The van der Waals surface area contributed by atoms with Gasteiger partial charge in [-0.2, -0.15) is 0 Å². The highest BCUT2D eigenvalue weighted by molar-refractivity contribution is 5.47. The van der Waals surface area contributed by atoms with E-state index in [-0.39, 0.29) is 0 Å².